The quantitative estimate of drug-likeness (QED) is 0.446. The molecule has 10 heteroatoms. The number of halogens is 4. The zero-order chi connectivity index (χ0) is 25.9. The number of rotatable bonds is 6. The SMILES string of the molecule is Cc1cc(C(F)=Cc2ccc(OC(F)(F)F)cc2)nn1Cc1cccc(C(=O)N2CCN(C)CC2)c1. The van der Waals surface area contributed by atoms with Gasteiger partial charge in [-0.25, -0.2) is 4.39 Å². The first-order valence-corrected chi connectivity index (χ1v) is 11.4. The summed E-state index contributed by atoms with van der Waals surface area (Å²) in [6.07, 6.45) is -3.59. The van der Waals surface area contributed by atoms with Gasteiger partial charge in [0.25, 0.3) is 5.91 Å². The molecule has 190 valence electrons. The summed E-state index contributed by atoms with van der Waals surface area (Å²) in [6.45, 7) is 5.20. The van der Waals surface area contributed by atoms with Crippen LogP contribution in [0.4, 0.5) is 17.6 Å². The molecule has 0 atom stereocenters. The van der Waals surface area contributed by atoms with Gasteiger partial charge in [0.2, 0.25) is 0 Å². The van der Waals surface area contributed by atoms with Gasteiger partial charge in [0, 0.05) is 37.4 Å². The minimum atomic E-state index is -4.79. The van der Waals surface area contributed by atoms with Crippen LogP contribution in [0.5, 0.6) is 5.75 Å². The first-order valence-electron chi connectivity index (χ1n) is 11.4. The fourth-order valence-electron chi connectivity index (χ4n) is 3.94. The molecule has 0 unspecified atom stereocenters. The summed E-state index contributed by atoms with van der Waals surface area (Å²) in [5.74, 6) is -1.02. The highest BCUT2D eigenvalue weighted by Gasteiger charge is 2.31. The Kier molecular flexibility index (Phi) is 7.44. The molecule has 0 aliphatic carbocycles. The molecule has 3 aromatic rings. The van der Waals surface area contributed by atoms with Gasteiger partial charge in [-0.2, -0.15) is 5.10 Å². The van der Waals surface area contributed by atoms with Crippen molar-refractivity contribution in [3.63, 3.8) is 0 Å². The van der Waals surface area contributed by atoms with E-state index < -0.39 is 12.2 Å². The molecule has 2 heterocycles. The lowest BCUT2D eigenvalue weighted by atomic mass is 10.1. The number of aromatic nitrogens is 2. The fourth-order valence-corrected chi connectivity index (χ4v) is 3.94. The summed E-state index contributed by atoms with van der Waals surface area (Å²) >= 11 is 0. The van der Waals surface area contributed by atoms with Crippen LogP contribution < -0.4 is 4.74 Å². The van der Waals surface area contributed by atoms with Crippen LogP contribution in [0.1, 0.15) is 32.9 Å². The lowest BCUT2D eigenvalue weighted by molar-refractivity contribution is -0.274. The maximum absolute atomic E-state index is 14.8. The van der Waals surface area contributed by atoms with Crippen molar-refractivity contribution in [2.24, 2.45) is 0 Å². The van der Waals surface area contributed by atoms with E-state index in [0.717, 1.165) is 36.5 Å². The van der Waals surface area contributed by atoms with Crippen molar-refractivity contribution in [2.45, 2.75) is 19.8 Å². The van der Waals surface area contributed by atoms with Gasteiger partial charge in [-0.3, -0.25) is 9.48 Å². The molecule has 1 saturated heterocycles. The van der Waals surface area contributed by atoms with Crippen LogP contribution in [0.3, 0.4) is 0 Å². The molecule has 0 bridgehead atoms. The highest BCUT2D eigenvalue weighted by molar-refractivity contribution is 5.94. The molecule has 0 saturated carbocycles. The molecule has 1 aliphatic rings. The van der Waals surface area contributed by atoms with Crippen molar-refractivity contribution in [2.75, 3.05) is 33.2 Å². The van der Waals surface area contributed by atoms with Crippen LogP contribution in [0.15, 0.2) is 54.6 Å². The first-order chi connectivity index (χ1) is 17.1. The van der Waals surface area contributed by atoms with Crippen LogP contribution in [0.25, 0.3) is 11.9 Å². The number of hydrogen-bond donors (Lipinski definition) is 0. The number of benzene rings is 2. The number of hydrogen-bond acceptors (Lipinski definition) is 4. The second kappa shape index (κ2) is 10.5. The number of piperazine rings is 1. The topological polar surface area (TPSA) is 50.6 Å². The smallest absolute Gasteiger partial charge is 0.406 e. The van der Waals surface area contributed by atoms with E-state index in [4.69, 9.17) is 0 Å². The Labute approximate surface area is 206 Å². The largest absolute Gasteiger partial charge is 0.573 e. The van der Waals surface area contributed by atoms with E-state index in [-0.39, 0.29) is 17.4 Å². The average Bonchev–Trinajstić information content (AvgIpc) is 3.20. The van der Waals surface area contributed by atoms with Gasteiger partial charge >= 0.3 is 6.36 Å². The van der Waals surface area contributed by atoms with Crippen molar-refractivity contribution < 1.29 is 27.1 Å². The normalized spacial score (nSPS) is 15.3. The van der Waals surface area contributed by atoms with E-state index in [9.17, 15) is 22.4 Å². The summed E-state index contributed by atoms with van der Waals surface area (Å²) < 4.78 is 57.2. The maximum Gasteiger partial charge on any atom is 0.573 e. The Hall–Kier alpha value is -3.66. The summed E-state index contributed by atoms with van der Waals surface area (Å²) in [7, 11) is 2.03. The molecule has 0 N–H and O–H groups in total. The molecule has 0 radical (unpaired) electrons. The molecule has 1 amide bonds. The van der Waals surface area contributed by atoms with Gasteiger partial charge in [0.1, 0.15) is 11.4 Å². The third-order valence-corrected chi connectivity index (χ3v) is 5.93. The molecule has 2 aromatic carbocycles. The van der Waals surface area contributed by atoms with Gasteiger partial charge < -0.3 is 14.5 Å². The summed E-state index contributed by atoms with van der Waals surface area (Å²) in [4.78, 5) is 16.9. The van der Waals surface area contributed by atoms with E-state index in [1.165, 1.54) is 18.2 Å². The number of aryl methyl sites for hydroxylation is 1. The van der Waals surface area contributed by atoms with Crippen molar-refractivity contribution >= 4 is 17.8 Å². The van der Waals surface area contributed by atoms with Gasteiger partial charge in [-0.05, 0) is 61.5 Å². The molecule has 1 fully saturated rings. The number of alkyl halides is 3. The predicted molar refractivity (Wildman–Crippen MR) is 128 cm³/mol. The number of amides is 1. The standard InChI is InChI=1S/C26H26F4N4O2/c1-18-14-24(23(27)16-19-6-8-22(9-7-19)36-26(28,29)30)31-34(18)17-20-4-3-5-21(15-20)25(35)33-12-10-32(2)11-13-33/h3-9,14-16H,10-13,17H2,1-2H3. The van der Waals surface area contributed by atoms with Crippen LogP contribution in [-0.4, -0.2) is 65.1 Å². The minimum Gasteiger partial charge on any atom is -0.406 e. The Bertz CT molecular complexity index is 1240. The lowest BCUT2D eigenvalue weighted by Gasteiger charge is -2.32. The Morgan fingerprint density at radius 1 is 1.06 bits per heavy atom. The fraction of sp³-hybridized carbons (Fsp3) is 0.308. The minimum absolute atomic E-state index is 0.0107. The van der Waals surface area contributed by atoms with Gasteiger partial charge in [-0.1, -0.05) is 24.3 Å². The number of likely N-dealkylation sites (N-methyl/N-ethyl adjacent to an activating group) is 1. The van der Waals surface area contributed by atoms with Crippen molar-refractivity contribution in [3.8, 4) is 5.75 Å². The highest BCUT2D eigenvalue weighted by atomic mass is 19.4. The van der Waals surface area contributed by atoms with Crippen LogP contribution in [0.2, 0.25) is 0 Å². The molecular weight excluding hydrogens is 476 g/mol. The Morgan fingerprint density at radius 2 is 1.75 bits per heavy atom. The zero-order valence-electron chi connectivity index (χ0n) is 19.9. The molecule has 6 nitrogen and oxygen atoms in total. The second-order valence-corrected chi connectivity index (χ2v) is 8.73. The monoisotopic (exact) mass is 502 g/mol. The third-order valence-electron chi connectivity index (χ3n) is 5.93. The number of carbonyl (C=O) groups is 1. The van der Waals surface area contributed by atoms with E-state index in [1.54, 1.807) is 23.7 Å². The van der Waals surface area contributed by atoms with Crippen molar-refractivity contribution in [3.05, 3.63) is 82.7 Å². The summed E-state index contributed by atoms with van der Waals surface area (Å²) in [6, 6.07) is 13.8. The molecule has 4 rings (SSSR count). The molecule has 1 aliphatic heterocycles. The predicted octanol–water partition coefficient (Wildman–Crippen LogP) is 4.99. The lowest BCUT2D eigenvalue weighted by Crippen LogP contribution is -2.47. The van der Waals surface area contributed by atoms with Crippen molar-refractivity contribution in [1.29, 1.82) is 0 Å². The third kappa shape index (κ3) is 6.51. The molecule has 36 heavy (non-hydrogen) atoms. The maximum atomic E-state index is 14.8. The number of carbonyl (C=O) groups excluding carboxylic acids is 1. The average molecular weight is 503 g/mol. The van der Waals surface area contributed by atoms with E-state index in [1.807, 2.05) is 30.1 Å². The molecule has 0 spiro atoms. The van der Waals surface area contributed by atoms with Crippen LogP contribution in [0, 0.1) is 6.92 Å². The summed E-state index contributed by atoms with van der Waals surface area (Å²) in [5.41, 5.74) is 2.65. The van der Waals surface area contributed by atoms with E-state index in [0.29, 0.717) is 30.8 Å². The molecule has 1 aromatic heterocycles. The first kappa shape index (κ1) is 25.4. The second-order valence-electron chi connectivity index (χ2n) is 8.73. The van der Waals surface area contributed by atoms with Gasteiger partial charge in [0.15, 0.2) is 5.83 Å². The van der Waals surface area contributed by atoms with Gasteiger partial charge in [0.05, 0.1) is 6.54 Å². The summed E-state index contributed by atoms with van der Waals surface area (Å²) in [5, 5.41) is 4.34. The Balaban J connectivity index is 1.45. The van der Waals surface area contributed by atoms with Crippen molar-refractivity contribution in [1.82, 2.24) is 19.6 Å². The number of ether oxygens (including phenoxy) is 1. The van der Waals surface area contributed by atoms with Crippen LogP contribution in [-0.2, 0) is 6.54 Å². The number of nitrogens with zero attached hydrogens (tertiary/aromatic N) is 4. The van der Waals surface area contributed by atoms with E-state index >= 15 is 0 Å². The van der Waals surface area contributed by atoms with Crippen LogP contribution >= 0.6 is 0 Å². The molecular formula is C26H26F4N4O2. The Morgan fingerprint density at radius 3 is 2.42 bits per heavy atom. The van der Waals surface area contributed by atoms with E-state index in [2.05, 4.69) is 14.7 Å². The zero-order valence-corrected chi connectivity index (χ0v) is 19.9. The van der Waals surface area contributed by atoms with Gasteiger partial charge in [-0.15, -0.1) is 13.2 Å². The highest BCUT2D eigenvalue weighted by Crippen LogP contribution is 2.25.